The standard InChI is InChI=1S/C9H8BBrF4NO.K/c11-6-1-2-8(7(12)5-6)16-9(17)3-4-10(13,14)15;/h1-2,5H,3-4H2,(H,16,17);/q-1;+1. The molecule has 0 radical (unpaired) electrons. The molecule has 0 atom stereocenters. The second-order valence-corrected chi connectivity index (χ2v) is 4.34. The van der Waals surface area contributed by atoms with E-state index < -0.39 is 31.4 Å². The first-order valence-electron chi connectivity index (χ1n) is 4.74. The molecular weight excluding hydrogens is 344 g/mol. The Morgan fingerprint density at radius 3 is 2.44 bits per heavy atom. The second kappa shape index (κ2) is 8.01. The number of rotatable bonds is 4. The van der Waals surface area contributed by atoms with Crippen molar-refractivity contribution >= 4 is 34.5 Å². The molecule has 0 saturated heterocycles. The normalized spacial score (nSPS) is 10.7. The average Bonchev–Trinajstić information content (AvgIpc) is 2.18. The monoisotopic (exact) mass is 351 g/mol. The van der Waals surface area contributed by atoms with Crippen LogP contribution in [-0.2, 0) is 4.79 Å². The van der Waals surface area contributed by atoms with E-state index in [9.17, 15) is 22.1 Å². The molecular formula is C9H8BBrF4KNO. The SMILES string of the molecule is O=C(CC[B-](F)(F)F)Nc1ccc(Br)cc1F.[K+]. The van der Waals surface area contributed by atoms with Crippen molar-refractivity contribution in [3.63, 3.8) is 0 Å². The largest absolute Gasteiger partial charge is 1.00 e. The molecule has 0 heterocycles. The zero-order chi connectivity index (χ0) is 13.1. The van der Waals surface area contributed by atoms with E-state index in [-0.39, 0.29) is 57.1 Å². The molecule has 1 N–H and O–H groups in total. The Kier molecular flexibility index (Phi) is 8.27. The minimum absolute atomic E-state index is 0. The van der Waals surface area contributed by atoms with Gasteiger partial charge >= 0.3 is 58.4 Å². The Hall–Kier alpha value is 0.591. The number of anilines is 1. The number of amides is 1. The minimum atomic E-state index is -4.99. The van der Waals surface area contributed by atoms with E-state index in [1.54, 1.807) is 0 Å². The Bertz CT molecular complexity index is 430. The van der Waals surface area contributed by atoms with Crippen molar-refractivity contribution in [2.24, 2.45) is 0 Å². The van der Waals surface area contributed by atoms with Gasteiger partial charge in [-0.2, -0.15) is 0 Å². The van der Waals surface area contributed by atoms with Crippen LogP contribution < -0.4 is 56.7 Å². The molecule has 1 aromatic carbocycles. The first kappa shape index (κ1) is 18.6. The van der Waals surface area contributed by atoms with Gasteiger partial charge in [0.1, 0.15) is 5.82 Å². The van der Waals surface area contributed by atoms with Crippen LogP contribution in [0.2, 0.25) is 6.32 Å². The summed E-state index contributed by atoms with van der Waals surface area (Å²) >= 11 is 3.02. The summed E-state index contributed by atoms with van der Waals surface area (Å²) in [5.74, 6) is -1.56. The van der Waals surface area contributed by atoms with Crippen molar-refractivity contribution in [2.45, 2.75) is 12.7 Å². The van der Waals surface area contributed by atoms with Crippen LogP contribution in [0.15, 0.2) is 22.7 Å². The van der Waals surface area contributed by atoms with Gasteiger partial charge in [0.2, 0.25) is 5.91 Å². The molecule has 2 nitrogen and oxygen atoms in total. The Labute approximate surface area is 152 Å². The van der Waals surface area contributed by atoms with Crippen molar-refractivity contribution in [1.29, 1.82) is 0 Å². The molecule has 1 amide bonds. The van der Waals surface area contributed by atoms with Gasteiger partial charge in [0.25, 0.3) is 0 Å². The van der Waals surface area contributed by atoms with Crippen LogP contribution >= 0.6 is 15.9 Å². The van der Waals surface area contributed by atoms with Gasteiger partial charge in [0, 0.05) is 10.9 Å². The van der Waals surface area contributed by atoms with Crippen LogP contribution in [0, 0.1) is 5.82 Å². The molecule has 0 bridgehead atoms. The van der Waals surface area contributed by atoms with Crippen LogP contribution in [0.1, 0.15) is 6.42 Å². The summed E-state index contributed by atoms with van der Waals surface area (Å²) in [5.41, 5.74) is -0.132. The minimum Gasteiger partial charge on any atom is -0.449 e. The molecule has 0 saturated carbocycles. The van der Waals surface area contributed by atoms with Gasteiger partial charge in [-0.1, -0.05) is 22.3 Å². The van der Waals surface area contributed by atoms with Crippen LogP contribution in [-0.4, -0.2) is 12.9 Å². The summed E-state index contributed by atoms with van der Waals surface area (Å²) in [5, 5.41) is 2.09. The van der Waals surface area contributed by atoms with Crippen molar-refractivity contribution in [3.8, 4) is 0 Å². The number of benzene rings is 1. The molecule has 0 aromatic heterocycles. The van der Waals surface area contributed by atoms with Crippen LogP contribution in [0.4, 0.5) is 23.0 Å². The molecule has 0 aliphatic rings. The van der Waals surface area contributed by atoms with Crippen molar-refractivity contribution < 1.29 is 73.5 Å². The molecule has 0 spiro atoms. The zero-order valence-electron chi connectivity index (χ0n) is 9.52. The summed E-state index contributed by atoms with van der Waals surface area (Å²) in [4.78, 5) is 11.1. The van der Waals surface area contributed by atoms with Crippen LogP contribution in [0.5, 0.6) is 0 Å². The quantitative estimate of drug-likeness (QED) is 0.630. The predicted molar refractivity (Wildman–Crippen MR) is 61.2 cm³/mol. The van der Waals surface area contributed by atoms with Crippen LogP contribution in [0.3, 0.4) is 0 Å². The van der Waals surface area contributed by atoms with Gasteiger partial charge in [-0.05, 0) is 18.2 Å². The fraction of sp³-hybridized carbons (Fsp3) is 0.222. The topological polar surface area (TPSA) is 29.1 Å². The van der Waals surface area contributed by atoms with Gasteiger partial charge < -0.3 is 18.3 Å². The Morgan fingerprint density at radius 1 is 1.33 bits per heavy atom. The van der Waals surface area contributed by atoms with Crippen molar-refractivity contribution in [3.05, 3.63) is 28.5 Å². The van der Waals surface area contributed by atoms with Gasteiger partial charge in [-0.25, -0.2) is 4.39 Å². The molecule has 18 heavy (non-hydrogen) atoms. The Balaban J connectivity index is 0.00000289. The van der Waals surface area contributed by atoms with E-state index in [2.05, 4.69) is 21.2 Å². The summed E-state index contributed by atoms with van der Waals surface area (Å²) < 4.78 is 49.4. The first-order valence-corrected chi connectivity index (χ1v) is 5.53. The number of hydrogen-bond acceptors (Lipinski definition) is 1. The first-order chi connectivity index (χ1) is 7.78. The van der Waals surface area contributed by atoms with E-state index in [1.165, 1.54) is 12.1 Å². The fourth-order valence-electron chi connectivity index (χ4n) is 1.10. The van der Waals surface area contributed by atoms with Gasteiger partial charge in [-0.15, -0.1) is 0 Å². The third kappa shape index (κ3) is 7.25. The molecule has 1 aromatic rings. The number of hydrogen-bond donors (Lipinski definition) is 1. The maximum Gasteiger partial charge on any atom is 1.00 e. The third-order valence-corrected chi connectivity index (χ3v) is 2.40. The summed E-state index contributed by atoms with van der Waals surface area (Å²) in [6.45, 7) is -4.99. The Morgan fingerprint density at radius 2 is 1.94 bits per heavy atom. The predicted octanol–water partition coefficient (Wildman–Crippen LogP) is 0.768. The molecule has 0 aliphatic heterocycles. The summed E-state index contributed by atoms with van der Waals surface area (Å²) in [6.07, 6.45) is -1.86. The van der Waals surface area contributed by atoms with E-state index in [1.807, 2.05) is 0 Å². The molecule has 0 unspecified atom stereocenters. The van der Waals surface area contributed by atoms with Gasteiger partial charge in [0.15, 0.2) is 0 Å². The average molecular weight is 352 g/mol. The summed E-state index contributed by atoms with van der Waals surface area (Å²) in [6, 6.07) is 3.87. The second-order valence-electron chi connectivity index (χ2n) is 3.42. The van der Waals surface area contributed by atoms with E-state index in [0.29, 0.717) is 4.47 Å². The zero-order valence-corrected chi connectivity index (χ0v) is 14.2. The number of carbonyl (C=O) groups excluding carboxylic acids is 1. The number of halogens is 5. The van der Waals surface area contributed by atoms with Crippen molar-refractivity contribution in [2.75, 3.05) is 5.32 Å². The smallest absolute Gasteiger partial charge is 0.449 e. The van der Waals surface area contributed by atoms with E-state index >= 15 is 0 Å². The number of carbonyl (C=O) groups is 1. The fourth-order valence-corrected chi connectivity index (χ4v) is 1.43. The molecule has 9 heteroatoms. The molecule has 94 valence electrons. The molecule has 0 aliphatic carbocycles. The van der Waals surface area contributed by atoms with E-state index in [4.69, 9.17) is 0 Å². The van der Waals surface area contributed by atoms with Gasteiger partial charge in [0.05, 0.1) is 5.69 Å². The van der Waals surface area contributed by atoms with E-state index in [0.717, 1.165) is 6.07 Å². The third-order valence-electron chi connectivity index (χ3n) is 1.90. The maximum absolute atomic E-state index is 13.2. The molecule has 0 fully saturated rings. The van der Waals surface area contributed by atoms with Gasteiger partial charge in [-0.3, -0.25) is 4.79 Å². The molecule has 1 rings (SSSR count). The van der Waals surface area contributed by atoms with Crippen LogP contribution in [0.25, 0.3) is 0 Å². The summed E-state index contributed by atoms with van der Waals surface area (Å²) in [7, 11) is 0. The van der Waals surface area contributed by atoms with Crippen molar-refractivity contribution in [1.82, 2.24) is 0 Å². The number of nitrogens with one attached hydrogen (secondary N) is 1. The maximum atomic E-state index is 13.2.